The van der Waals surface area contributed by atoms with E-state index in [0.29, 0.717) is 0 Å². The van der Waals surface area contributed by atoms with Gasteiger partial charge in [0.15, 0.2) is 0 Å². The number of carbonyl (C=O) groups excluding carboxylic acids is 1. The Hall–Kier alpha value is -0.540. The van der Waals surface area contributed by atoms with Gasteiger partial charge in [-0.1, -0.05) is 58.4 Å². The molecule has 0 rings (SSSR count). The summed E-state index contributed by atoms with van der Waals surface area (Å²) >= 11 is 0. The van der Waals surface area contributed by atoms with Crippen LogP contribution in [0.2, 0.25) is 0 Å². The second kappa shape index (κ2) is 14.5. The first-order chi connectivity index (χ1) is 8.20. The molecule has 0 aliphatic rings. The molecular formula is C14H28ClNO2. The minimum absolute atomic E-state index is 0. The summed E-state index contributed by atoms with van der Waals surface area (Å²) in [6.07, 6.45) is 11.5. The quantitative estimate of drug-likeness (QED) is 0.323. The largest absolute Gasteiger partial charge is 0.365 e. The Bertz CT molecular complexity index is 210. The third-order valence-corrected chi connectivity index (χ3v) is 2.74. The molecule has 108 valence electrons. The van der Waals surface area contributed by atoms with Gasteiger partial charge in [0.05, 0.1) is 0 Å². The molecule has 0 N–H and O–H groups in total. The second-order valence-corrected chi connectivity index (χ2v) is 4.44. The molecular weight excluding hydrogens is 250 g/mol. The average molecular weight is 278 g/mol. The maximum absolute atomic E-state index is 10.9. The predicted molar refractivity (Wildman–Crippen MR) is 78.8 cm³/mol. The van der Waals surface area contributed by atoms with E-state index >= 15 is 0 Å². The van der Waals surface area contributed by atoms with Crippen LogP contribution in [-0.4, -0.2) is 24.6 Å². The van der Waals surface area contributed by atoms with Crippen LogP contribution in [0.15, 0.2) is 12.7 Å². The zero-order valence-corrected chi connectivity index (χ0v) is 12.6. The summed E-state index contributed by atoms with van der Waals surface area (Å²) in [7, 11) is 1.78. The molecule has 4 heteroatoms. The van der Waals surface area contributed by atoms with E-state index in [4.69, 9.17) is 4.84 Å². The van der Waals surface area contributed by atoms with Crippen molar-refractivity contribution in [3.05, 3.63) is 12.7 Å². The van der Waals surface area contributed by atoms with Gasteiger partial charge in [-0.3, -0.25) is 0 Å². The molecule has 0 saturated carbocycles. The molecule has 3 nitrogen and oxygen atoms in total. The summed E-state index contributed by atoms with van der Waals surface area (Å²) in [6.45, 7) is 6.39. The molecule has 0 saturated heterocycles. The van der Waals surface area contributed by atoms with Crippen molar-refractivity contribution in [3.8, 4) is 0 Å². The van der Waals surface area contributed by atoms with Crippen LogP contribution >= 0.6 is 12.4 Å². The van der Waals surface area contributed by atoms with E-state index < -0.39 is 0 Å². The number of rotatable bonds is 11. The van der Waals surface area contributed by atoms with Gasteiger partial charge >= 0.3 is 5.97 Å². The van der Waals surface area contributed by atoms with E-state index in [2.05, 4.69) is 13.5 Å². The van der Waals surface area contributed by atoms with Crippen molar-refractivity contribution in [2.75, 3.05) is 13.6 Å². The summed E-state index contributed by atoms with van der Waals surface area (Å²) in [5.74, 6) is -0.382. The normalized spacial score (nSPS) is 9.94. The van der Waals surface area contributed by atoms with Crippen LogP contribution in [-0.2, 0) is 9.63 Å². The van der Waals surface area contributed by atoms with Crippen molar-refractivity contribution in [2.45, 2.75) is 58.3 Å². The molecule has 0 fully saturated rings. The highest BCUT2D eigenvalue weighted by molar-refractivity contribution is 5.85. The average Bonchev–Trinajstić information content (AvgIpc) is 2.32. The standard InChI is InChI=1S/C14H27NO2.ClH/c1-4-6-7-8-9-10-11-12-13-15(3)17-14(16)5-2;/h5H,2,4,6-13H2,1,3H3;1H. The van der Waals surface area contributed by atoms with E-state index in [1.54, 1.807) is 12.1 Å². The van der Waals surface area contributed by atoms with Crippen LogP contribution in [0, 0.1) is 0 Å². The lowest BCUT2D eigenvalue weighted by atomic mass is 10.1. The maximum Gasteiger partial charge on any atom is 0.349 e. The molecule has 0 radical (unpaired) electrons. The van der Waals surface area contributed by atoms with Crippen molar-refractivity contribution in [3.63, 3.8) is 0 Å². The Labute approximate surface area is 118 Å². The first kappa shape index (κ1) is 19.8. The fraction of sp³-hybridized carbons (Fsp3) is 0.786. The van der Waals surface area contributed by atoms with Gasteiger partial charge in [-0.2, -0.15) is 0 Å². The van der Waals surface area contributed by atoms with Crippen LogP contribution in [0.4, 0.5) is 0 Å². The van der Waals surface area contributed by atoms with Crippen molar-refractivity contribution in [2.24, 2.45) is 0 Å². The van der Waals surface area contributed by atoms with Crippen molar-refractivity contribution in [1.82, 2.24) is 5.06 Å². The topological polar surface area (TPSA) is 29.5 Å². The lowest BCUT2D eigenvalue weighted by Gasteiger charge is -2.14. The fourth-order valence-electron chi connectivity index (χ4n) is 1.70. The van der Waals surface area contributed by atoms with Gasteiger partial charge in [-0.25, -0.2) is 4.79 Å². The van der Waals surface area contributed by atoms with E-state index in [9.17, 15) is 4.79 Å². The Morgan fingerprint density at radius 3 is 2.11 bits per heavy atom. The van der Waals surface area contributed by atoms with Gasteiger partial charge in [0, 0.05) is 19.7 Å². The zero-order chi connectivity index (χ0) is 12.9. The Morgan fingerprint density at radius 2 is 1.61 bits per heavy atom. The second-order valence-electron chi connectivity index (χ2n) is 4.44. The molecule has 0 aromatic heterocycles. The van der Waals surface area contributed by atoms with Gasteiger partial charge < -0.3 is 4.84 Å². The number of hydroxylamine groups is 2. The fourth-order valence-corrected chi connectivity index (χ4v) is 1.70. The van der Waals surface area contributed by atoms with Crippen LogP contribution in [0.5, 0.6) is 0 Å². The minimum Gasteiger partial charge on any atom is -0.365 e. The van der Waals surface area contributed by atoms with Crippen LogP contribution in [0.3, 0.4) is 0 Å². The van der Waals surface area contributed by atoms with E-state index in [1.165, 1.54) is 51.0 Å². The summed E-state index contributed by atoms with van der Waals surface area (Å²) in [5, 5.41) is 1.58. The first-order valence-corrected chi connectivity index (χ1v) is 6.76. The molecule has 0 unspecified atom stereocenters. The third-order valence-electron chi connectivity index (χ3n) is 2.74. The highest BCUT2D eigenvalue weighted by atomic mass is 35.5. The summed E-state index contributed by atoms with van der Waals surface area (Å²) in [6, 6.07) is 0. The molecule has 0 aliphatic heterocycles. The highest BCUT2D eigenvalue weighted by Crippen LogP contribution is 2.08. The number of hydrogen-bond acceptors (Lipinski definition) is 3. The Balaban J connectivity index is 0. The highest BCUT2D eigenvalue weighted by Gasteiger charge is 2.02. The van der Waals surface area contributed by atoms with Crippen LogP contribution < -0.4 is 0 Å². The number of unbranched alkanes of at least 4 members (excludes halogenated alkanes) is 7. The number of hydrogen-bond donors (Lipinski definition) is 0. The SMILES string of the molecule is C=CC(=O)ON(C)CCCCCCCCCC.Cl. The molecule has 0 aliphatic carbocycles. The predicted octanol–water partition coefficient (Wildman–Crippen LogP) is 4.12. The van der Waals surface area contributed by atoms with Gasteiger partial charge in [0.1, 0.15) is 0 Å². The van der Waals surface area contributed by atoms with Gasteiger partial charge in [0.25, 0.3) is 0 Å². The lowest BCUT2D eigenvalue weighted by molar-refractivity contribution is -0.177. The summed E-state index contributed by atoms with van der Waals surface area (Å²) < 4.78 is 0. The molecule has 0 atom stereocenters. The third kappa shape index (κ3) is 13.5. The van der Waals surface area contributed by atoms with Crippen molar-refractivity contribution < 1.29 is 9.63 Å². The molecule has 0 aromatic rings. The smallest absolute Gasteiger partial charge is 0.349 e. The molecule has 0 aromatic carbocycles. The Kier molecular flexibility index (Phi) is 16.0. The van der Waals surface area contributed by atoms with Gasteiger partial charge in [-0.15, -0.1) is 17.5 Å². The molecule has 0 bridgehead atoms. The number of carbonyl (C=O) groups is 1. The maximum atomic E-state index is 10.9. The zero-order valence-electron chi connectivity index (χ0n) is 11.8. The minimum atomic E-state index is -0.382. The van der Waals surface area contributed by atoms with E-state index in [1.807, 2.05) is 0 Å². The number of nitrogens with zero attached hydrogens (tertiary/aromatic N) is 1. The summed E-state index contributed by atoms with van der Waals surface area (Å²) in [5.41, 5.74) is 0. The Morgan fingerprint density at radius 1 is 1.11 bits per heavy atom. The number of halogens is 1. The first-order valence-electron chi connectivity index (χ1n) is 6.76. The molecule has 0 heterocycles. The summed E-state index contributed by atoms with van der Waals surface area (Å²) in [4.78, 5) is 15.8. The molecule has 18 heavy (non-hydrogen) atoms. The van der Waals surface area contributed by atoms with Crippen molar-refractivity contribution in [1.29, 1.82) is 0 Å². The van der Waals surface area contributed by atoms with Gasteiger partial charge in [0.2, 0.25) is 0 Å². The van der Waals surface area contributed by atoms with E-state index in [0.717, 1.165) is 13.0 Å². The van der Waals surface area contributed by atoms with Crippen molar-refractivity contribution >= 4 is 18.4 Å². The molecule has 0 spiro atoms. The lowest BCUT2D eigenvalue weighted by Crippen LogP contribution is -2.23. The van der Waals surface area contributed by atoms with E-state index in [-0.39, 0.29) is 18.4 Å². The van der Waals surface area contributed by atoms with Crippen LogP contribution in [0.1, 0.15) is 58.3 Å². The molecule has 0 amide bonds. The van der Waals surface area contributed by atoms with Crippen LogP contribution in [0.25, 0.3) is 0 Å². The van der Waals surface area contributed by atoms with Gasteiger partial charge in [-0.05, 0) is 6.42 Å². The monoisotopic (exact) mass is 277 g/mol.